The van der Waals surface area contributed by atoms with Gasteiger partial charge in [-0.05, 0) is 19.1 Å². The molecule has 3 atom stereocenters. The standard InChI is InChI=1S/C13H15NO5S/c1-8-3-5-9(6-4-8)20(16,17)14-7-10-12(19-10)11(14)13(15)18-2/h3-6,10-12H,7H2,1-2H3/t10?,11-,12?/m0/s1. The smallest absolute Gasteiger partial charge is 0.327 e. The number of methoxy groups -OCH3 is 1. The maximum absolute atomic E-state index is 12.6. The topological polar surface area (TPSA) is 76.2 Å². The summed E-state index contributed by atoms with van der Waals surface area (Å²) in [6, 6.07) is 5.67. The second-order valence-corrected chi connectivity index (χ2v) is 6.89. The minimum atomic E-state index is -3.71. The maximum atomic E-state index is 12.6. The van der Waals surface area contributed by atoms with Crippen LogP contribution in [0.3, 0.4) is 0 Å². The molecule has 2 fully saturated rings. The molecule has 0 amide bonds. The maximum Gasteiger partial charge on any atom is 0.327 e. The van der Waals surface area contributed by atoms with Gasteiger partial charge in [-0.25, -0.2) is 8.42 Å². The van der Waals surface area contributed by atoms with E-state index in [-0.39, 0.29) is 23.6 Å². The summed E-state index contributed by atoms with van der Waals surface area (Å²) < 4.78 is 36.3. The zero-order valence-electron chi connectivity index (χ0n) is 11.1. The molecule has 1 aromatic rings. The molecule has 0 saturated carbocycles. The quantitative estimate of drug-likeness (QED) is 0.593. The molecule has 20 heavy (non-hydrogen) atoms. The average Bonchev–Trinajstić information content (AvgIpc) is 3.09. The average molecular weight is 297 g/mol. The number of morpholine rings is 1. The van der Waals surface area contributed by atoms with Crippen LogP contribution in [0.15, 0.2) is 29.2 Å². The molecule has 2 aliphatic rings. The molecule has 0 aromatic heterocycles. The fourth-order valence-electron chi connectivity index (χ4n) is 2.50. The van der Waals surface area contributed by atoms with Crippen molar-refractivity contribution in [3.8, 4) is 0 Å². The van der Waals surface area contributed by atoms with Gasteiger partial charge < -0.3 is 9.47 Å². The van der Waals surface area contributed by atoms with Crippen LogP contribution < -0.4 is 0 Å². The third-order valence-electron chi connectivity index (χ3n) is 3.67. The number of fused-ring (bicyclic) bond motifs is 1. The number of benzene rings is 1. The normalized spacial score (nSPS) is 29.0. The van der Waals surface area contributed by atoms with Gasteiger partial charge in [-0.15, -0.1) is 0 Å². The highest BCUT2D eigenvalue weighted by Gasteiger charge is 2.61. The molecule has 2 unspecified atom stereocenters. The molecule has 2 heterocycles. The summed E-state index contributed by atoms with van der Waals surface area (Å²) in [5.41, 5.74) is 0.973. The summed E-state index contributed by atoms with van der Waals surface area (Å²) in [6.45, 7) is 2.08. The van der Waals surface area contributed by atoms with E-state index < -0.39 is 22.0 Å². The van der Waals surface area contributed by atoms with Crippen LogP contribution in [0.5, 0.6) is 0 Å². The van der Waals surface area contributed by atoms with Gasteiger partial charge in [-0.2, -0.15) is 4.31 Å². The molecular weight excluding hydrogens is 282 g/mol. The minimum Gasteiger partial charge on any atom is -0.468 e. The number of esters is 1. The Bertz CT molecular complexity index is 639. The van der Waals surface area contributed by atoms with Gasteiger partial charge in [-0.3, -0.25) is 4.79 Å². The number of carbonyl (C=O) groups excluding carboxylic acids is 1. The third-order valence-corrected chi connectivity index (χ3v) is 5.53. The molecule has 0 N–H and O–H groups in total. The van der Waals surface area contributed by atoms with Crippen LogP contribution in [0.2, 0.25) is 0 Å². The predicted molar refractivity (Wildman–Crippen MR) is 69.5 cm³/mol. The lowest BCUT2D eigenvalue weighted by atomic mass is 10.2. The van der Waals surface area contributed by atoms with Crippen LogP contribution in [0.25, 0.3) is 0 Å². The van der Waals surface area contributed by atoms with E-state index in [1.807, 2.05) is 6.92 Å². The first kappa shape index (κ1) is 13.5. The number of carbonyl (C=O) groups is 1. The number of sulfonamides is 1. The van der Waals surface area contributed by atoms with Crippen molar-refractivity contribution in [3.63, 3.8) is 0 Å². The first-order valence-electron chi connectivity index (χ1n) is 6.27. The fraction of sp³-hybridized carbons (Fsp3) is 0.462. The molecule has 3 rings (SSSR count). The van der Waals surface area contributed by atoms with Crippen molar-refractivity contribution in [2.75, 3.05) is 13.7 Å². The molecule has 2 saturated heterocycles. The predicted octanol–water partition coefficient (Wildman–Crippen LogP) is 0.308. The molecule has 0 aliphatic carbocycles. The Morgan fingerprint density at radius 3 is 2.60 bits per heavy atom. The van der Waals surface area contributed by atoms with E-state index in [1.54, 1.807) is 24.3 Å². The van der Waals surface area contributed by atoms with Crippen LogP contribution in [0, 0.1) is 6.92 Å². The van der Waals surface area contributed by atoms with E-state index >= 15 is 0 Å². The number of nitrogens with zero attached hydrogens (tertiary/aromatic N) is 1. The number of hydrogen-bond donors (Lipinski definition) is 0. The SMILES string of the molecule is COC(=O)[C@@H]1C2OC2CN1S(=O)(=O)c1ccc(C)cc1. The van der Waals surface area contributed by atoms with Gasteiger partial charge in [0.25, 0.3) is 0 Å². The Labute approximate surface area is 117 Å². The monoisotopic (exact) mass is 297 g/mol. The van der Waals surface area contributed by atoms with E-state index in [4.69, 9.17) is 4.74 Å². The van der Waals surface area contributed by atoms with Crippen LogP contribution in [0.4, 0.5) is 0 Å². The Morgan fingerprint density at radius 1 is 1.35 bits per heavy atom. The van der Waals surface area contributed by atoms with Crippen molar-refractivity contribution >= 4 is 16.0 Å². The molecule has 0 bridgehead atoms. The molecule has 0 spiro atoms. The largest absolute Gasteiger partial charge is 0.468 e. The fourth-order valence-corrected chi connectivity index (χ4v) is 4.10. The highest BCUT2D eigenvalue weighted by atomic mass is 32.2. The van der Waals surface area contributed by atoms with E-state index in [1.165, 1.54) is 11.4 Å². The third kappa shape index (κ3) is 2.02. The van der Waals surface area contributed by atoms with Gasteiger partial charge in [-0.1, -0.05) is 17.7 Å². The van der Waals surface area contributed by atoms with Gasteiger partial charge in [0.2, 0.25) is 10.0 Å². The van der Waals surface area contributed by atoms with Crippen molar-refractivity contribution in [2.24, 2.45) is 0 Å². The summed E-state index contributed by atoms with van der Waals surface area (Å²) in [6.07, 6.45) is -0.568. The second kappa shape index (κ2) is 4.54. The highest BCUT2D eigenvalue weighted by Crippen LogP contribution is 2.40. The second-order valence-electron chi connectivity index (χ2n) is 4.99. The van der Waals surface area contributed by atoms with E-state index in [0.29, 0.717) is 0 Å². The van der Waals surface area contributed by atoms with Crippen LogP contribution >= 0.6 is 0 Å². The van der Waals surface area contributed by atoms with Gasteiger partial charge in [0.05, 0.1) is 12.0 Å². The van der Waals surface area contributed by atoms with Gasteiger partial charge in [0, 0.05) is 6.54 Å². The van der Waals surface area contributed by atoms with Crippen LogP contribution in [-0.2, 0) is 24.3 Å². The lowest BCUT2D eigenvalue weighted by Gasteiger charge is -2.24. The summed E-state index contributed by atoms with van der Waals surface area (Å²) in [5.74, 6) is -0.578. The van der Waals surface area contributed by atoms with Gasteiger partial charge >= 0.3 is 5.97 Å². The Morgan fingerprint density at radius 2 is 2.00 bits per heavy atom. The molecular formula is C13H15NO5S. The lowest BCUT2D eigenvalue weighted by Crippen LogP contribution is -2.45. The van der Waals surface area contributed by atoms with Crippen molar-refractivity contribution in [1.29, 1.82) is 0 Å². The zero-order valence-corrected chi connectivity index (χ0v) is 12.0. The van der Waals surface area contributed by atoms with E-state index in [0.717, 1.165) is 5.56 Å². The molecule has 1 aromatic carbocycles. The molecule has 108 valence electrons. The number of ether oxygens (including phenoxy) is 2. The Hall–Kier alpha value is -1.44. The summed E-state index contributed by atoms with van der Waals surface area (Å²) in [4.78, 5) is 12.0. The zero-order chi connectivity index (χ0) is 14.5. The number of rotatable bonds is 3. The molecule has 2 aliphatic heterocycles. The van der Waals surface area contributed by atoms with Gasteiger partial charge in [0.15, 0.2) is 6.04 Å². The van der Waals surface area contributed by atoms with Crippen LogP contribution in [0.1, 0.15) is 5.56 Å². The van der Waals surface area contributed by atoms with E-state index in [2.05, 4.69) is 4.74 Å². The van der Waals surface area contributed by atoms with Crippen molar-refractivity contribution in [1.82, 2.24) is 4.31 Å². The molecule has 6 nitrogen and oxygen atoms in total. The minimum absolute atomic E-state index is 0.179. The molecule has 7 heteroatoms. The molecule has 0 radical (unpaired) electrons. The summed E-state index contributed by atoms with van der Waals surface area (Å²) in [7, 11) is -2.46. The first-order valence-corrected chi connectivity index (χ1v) is 7.71. The van der Waals surface area contributed by atoms with Gasteiger partial charge in [0.1, 0.15) is 12.2 Å². The Kier molecular flexibility index (Phi) is 3.07. The lowest BCUT2D eigenvalue weighted by molar-refractivity contribution is -0.145. The number of epoxide rings is 1. The number of hydrogen-bond acceptors (Lipinski definition) is 5. The van der Waals surface area contributed by atoms with E-state index in [9.17, 15) is 13.2 Å². The Balaban J connectivity index is 1.94. The van der Waals surface area contributed by atoms with Crippen molar-refractivity contribution in [3.05, 3.63) is 29.8 Å². The summed E-state index contributed by atoms with van der Waals surface area (Å²) in [5, 5.41) is 0. The highest BCUT2D eigenvalue weighted by molar-refractivity contribution is 7.89. The number of aryl methyl sites for hydroxylation is 1. The first-order chi connectivity index (χ1) is 9.45. The van der Waals surface area contributed by atoms with Crippen molar-refractivity contribution < 1.29 is 22.7 Å². The van der Waals surface area contributed by atoms with Crippen molar-refractivity contribution in [2.45, 2.75) is 30.1 Å². The van der Waals surface area contributed by atoms with Crippen LogP contribution in [-0.4, -0.2) is 50.6 Å². The summed E-state index contributed by atoms with van der Waals surface area (Å²) >= 11 is 0.